The van der Waals surface area contributed by atoms with Gasteiger partial charge in [-0.05, 0) is 51.0 Å². The van der Waals surface area contributed by atoms with Crippen LogP contribution in [0.5, 0.6) is 0 Å². The SMILES string of the molecule is CCc1ccccc1NC(C)(C)C(=O)Nc1ccc(C)cc1. The first-order chi connectivity index (χ1) is 10.4. The lowest BCUT2D eigenvalue weighted by atomic mass is 10.0. The highest BCUT2D eigenvalue weighted by Gasteiger charge is 2.28. The number of carbonyl (C=O) groups is 1. The maximum Gasteiger partial charge on any atom is 0.249 e. The average molecular weight is 296 g/mol. The van der Waals surface area contributed by atoms with Crippen molar-refractivity contribution in [3.63, 3.8) is 0 Å². The fraction of sp³-hybridized carbons (Fsp3) is 0.316. The van der Waals surface area contributed by atoms with Crippen LogP contribution in [0.15, 0.2) is 48.5 Å². The number of anilines is 2. The van der Waals surface area contributed by atoms with E-state index in [1.807, 2.05) is 63.2 Å². The Morgan fingerprint density at radius 3 is 2.32 bits per heavy atom. The second kappa shape index (κ2) is 6.65. The lowest BCUT2D eigenvalue weighted by molar-refractivity contribution is -0.119. The molecule has 0 aliphatic carbocycles. The summed E-state index contributed by atoms with van der Waals surface area (Å²) in [6, 6.07) is 15.9. The van der Waals surface area contributed by atoms with Crippen LogP contribution in [0.25, 0.3) is 0 Å². The number of para-hydroxylation sites is 1. The van der Waals surface area contributed by atoms with E-state index in [-0.39, 0.29) is 5.91 Å². The molecule has 0 heterocycles. The van der Waals surface area contributed by atoms with Crippen LogP contribution in [0, 0.1) is 6.92 Å². The fourth-order valence-corrected chi connectivity index (χ4v) is 2.27. The van der Waals surface area contributed by atoms with Gasteiger partial charge in [-0.1, -0.05) is 42.8 Å². The van der Waals surface area contributed by atoms with Crippen molar-refractivity contribution in [3.05, 3.63) is 59.7 Å². The van der Waals surface area contributed by atoms with Crippen molar-refractivity contribution in [2.24, 2.45) is 0 Å². The molecular formula is C19H24N2O. The molecule has 0 bridgehead atoms. The van der Waals surface area contributed by atoms with Gasteiger partial charge in [0, 0.05) is 11.4 Å². The summed E-state index contributed by atoms with van der Waals surface area (Å²) in [4.78, 5) is 12.5. The number of aryl methyl sites for hydroxylation is 2. The van der Waals surface area contributed by atoms with Crippen molar-refractivity contribution in [2.45, 2.75) is 39.7 Å². The van der Waals surface area contributed by atoms with Crippen LogP contribution in [0.1, 0.15) is 31.9 Å². The topological polar surface area (TPSA) is 41.1 Å². The zero-order valence-electron chi connectivity index (χ0n) is 13.7. The van der Waals surface area contributed by atoms with Crippen LogP contribution in [-0.4, -0.2) is 11.4 Å². The maximum absolute atomic E-state index is 12.5. The van der Waals surface area contributed by atoms with Gasteiger partial charge in [0.1, 0.15) is 5.54 Å². The highest BCUT2D eigenvalue weighted by Crippen LogP contribution is 2.22. The molecule has 0 unspecified atom stereocenters. The van der Waals surface area contributed by atoms with Gasteiger partial charge in [-0.25, -0.2) is 0 Å². The zero-order chi connectivity index (χ0) is 16.2. The highest BCUT2D eigenvalue weighted by atomic mass is 16.2. The third-order valence-corrected chi connectivity index (χ3v) is 3.72. The van der Waals surface area contributed by atoms with Crippen LogP contribution in [0.3, 0.4) is 0 Å². The molecule has 0 spiro atoms. The number of rotatable bonds is 5. The molecule has 2 aromatic rings. The second-order valence-electron chi connectivity index (χ2n) is 6.08. The van der Waals surface area contributed by atoms with E-state index >= 15 is 0 Å². The highest BCUT2D eigenvalue weighted by molar-refractivity contribution is 5.99. The quantitative estimate of drug-likeness (QED) is 0.859. The van der Waals surface area contributed by atoms with Gasteiger partial charge < -0.3 is 10.6 Å². The number of hydrogen-bond acceptors (Lipinski definition) is 2. The molecule has 1 amide bonds. The Morgan fingerprint density at radius 2 is 1.68 bits per heavy atom. The Bertz CT molecular complexity index is 645. The van der Waals surface area contributed by atoms with Gasteiger partial charge in [0.15, 0.2) is 0 Å². The Hall–Kier alpha value is -2.29. The summed E-state index contributed by atoms with van der Waals surface area (Å²) in [5.41, 5.74) is 3.50. The van der Waals surface area contributed by atoms with Crippen molar-refractivity contribution in [1.82, 2.24) is 0 Å². The summed E-state index contributed by atoms with van der Waals surface area (Å²) < 4.78 is 0. The molecule has 0 aliphatic rings. The molecular weight excluding hydrogens is 272 g/mol. The van der Waals surface area contributed by atoms with Crippen molar-refractivity contribution in [1.29, 1.82) is 0 Å². The lowest BCUT2D eigenvalue weighted by Crippen LogP contribution is -2.44. The third-order valence-electron chi connectivity index (χ3n) is 3.72. The number of carbonyl (C=O) groups excluding carboxylic acids is 1. The molecule has 22 heavy (non-hydrogen) atoms. The molecule has 2 N–H and O–H groups in total. The Kier molecular flexibility index (Phi) is 4.86. The van der Waals surface area contributed by atoms with Crippen LogP contribution >= 0.6 is 0 Å². The molecule has 2 aromatic carbocycles. The van der Waals surface area contributed by atoms with Crippen molar-refractivity contribution < 1.29 is 4.79 Å². The number of amides is 1. The van der Waals surface area contributed by atoms with Gasteiger partial charge in [-0.3, -0.25) is 4.79 Å². The molecule has 3 nitrogen and oxygen atoms in total. The molecule has 0 saturated carbocycles. The van der Waals surface area contributed by atoms with Crippen molar-refractivity contribution in [2.75, 3.05) is 10.6 Å². The molecule has 0 saturated heterocycles. The summed E-state index contributed by atoms with van der Waals surface area (Å²) in [6.45, 7) is 7.92. The Balaban J connectivity index is 2.11. The lowest BCUT2D eigenvalue weighted by Gasteiger charge is -2.27. The fourth-order valence-electron chi connectivity index (χ4n) is 2.27. The van der Waals surface area contributed by atoms with Crippen molar-refractivity contribution in [3.8, 4) is 0 Å². The largest absolute Gasteiger partial charge is 0.371 e. The molecule has 0 atom stereocenters. The van der Waals surface area contributed by atoms with Crippen LogP contribution in [-0.2, 0) is 11.2 Å². The van der Waals surface area contributed by atoms with E-state index in [4.69, 9.17) is 0 Å². The third kappa shape index (κ3) is 3.88. The number of benzene rings is 2. The summed E-state index contributed by atoms with van der Waals surface area (Å²) >= 11 is 0. The minimum Gasteiger partial charge on any atom is -0.371 e. The van der Waals surface area contributed by atoms with E-state index in [1.165, 1.54) is 11.1 Å². The first kappa shape index (κ1) is 16.1. The minimum atomic E-state index is -0.698. The Labute approximate surface area is 132 Å². The van der Waals surface area contributed by atoms with E-state index in [0.29, 0.717) is 0 Å². The van der Waals surface area contributed by atoms with E-state index in [1.54, 1.807) is 0 Å². The van der Waals surface area contributed by atoms with Gasteiger partial charge in [0.05, 0.1) is 0 Å². The van der Waals surface area contributed by atoms with Gasteiger partial charge in [0.25, 0.3) is 0 Å². The average Bonchev–Trinajstić information content (AvgIpc) is 2.49. The summed E-state index contributed by atoms with van der Waals surface area (Å²) in [5.74, 6) is -0.0535. The van der Waals surface area contributed by atoms with Gasteiger partial charge in [-0.2, -0.15) is 0 Å². The van der Waals surface area contributed by atoms with Crippen LogP contribution < -0.4 is 10.6 Å². The number of hydrogen-bond donors (Lipinski definition) is 2. The van der Waals surface area contributed by atoms with Crippen LogP contribution in [0.2, 0.25) is 0 Å². The Morgan fingerprint density at radius 1 is 1.05 bits per heavy atom. The molecule has 3 heteroatoms. The van der Waals surface area contributed by atoms with Crippen LogP contribution in [0.4, 0.5) is 11.4 Å². The molecule has 0 fully saturated rings. The summed E-state index contributed by atoms with van der Waals surface area (Å²) in [7, 11) is 0. The van der Waals surface area contributed by atoms with Crippen molar-refractivity contribution >= 4 is 17.3 Å². The molecule has 0 aromatic heterocycles. The predicted octanol–water partition coefficient (Wildman–Crippen LogP) is 4.39. The van der Waals surface area contributed by atoms with Gasteiger partial charge in [-0.15, -0.1) is 0 Å². The predicted molar refractivity (Wildman–Crippen MR) is 93.3 cm³/mol. The van der Waals surface area contributed by atoms with Gasteiger partial charge in [0.2, 0.25) is 5.91 Å². The zero-order valence-corrected chi connectivity index (χ0v) is 13.7. The standard InChI is InChI=1S/C19H24N2O/c1-5-15-8-6-7-9-17(15)21-19(3,4)18(22)20-16-12-10-14(2)11-13-16/h6-13,21H,5H2,1-4H3,(H,20,22). The smallest absolute Gasteiger partial charge is 0.249 e. The normalized spacial score (nSPS) is 11.1. The van der Waals surface area contributed by atoms with E-state index in [2.05, 4.69) is 23.6 Å². The first-order valence-electron chi connectivity index (χ1n) is 7.66. The monoisotopic (exact) mass is 296 g/mol. The van der Waals surface area contributed by atoms with Gasteiger partial charge >= 0.3 is 0 Å². The molecule has 0 aliphatic heterocycles. The van der Waals surface area contributed by atoms with E-state index in [0.717, 1.165) is 17.8 Å². The molecule has 2 rings (SSSR count). The van der Waals surface area contributed by atoms with E-state index in [9.17, 15) is 4.79 Å². The number of nitrogens with one attached hydrogen (secondary N) is 2. The first-order valence-corrected chi connectivity index (χ1v) is 7.66. The van der Waals surface area contributed by atoms with E-state index < -0.39 is 5.54 Å². The maximum atomic E-state index is 12.5. The molecule has 0 radical (unpaired) electrons. The summed E-state index contributed by atoms with van der Waals surface area (Å²) in [6.07, 6.45) is 0.929. The minimum absolute atomic E-state index is 0.0535. The second-order valence-corrected chi connectivity index (χ2v) is 6.08. The molecule has 116 valence electrons. The summed E-state index contributed by atoms with van der Waals surface area (Å²) in [5, 5.41) is 6.32.